The SMILES string of the molecule is CC(C)(C)OC(=O)Nc1ccc(Cl)c(-c2[nH]ncc2C(=O)O)c1. The topological polar surface area (TPSA) is 104 Å². The minimum atomic E-state index is -1.13. The highest BCUT2D eigenvalue weighted by molar-refractivity contribution is 6.33. The third kappa shape index (κ3) is 4.23. The van der Waals surface area contributed by atoms with Crippen LogP contribution in [0.1, 0.15) is 31.1 Å². The van der Waals surface area contributed by atoms with Crippen LogP contribution in [-0.4, -0.2) is 33.0 Å². The molecule has 8 heteroatoms. The van der Waals surface area contributed by atoms with Gasteiger partial charge >= 0.3 is 12.1 Å². The summed E-state index contributed by atoms with van der Waals surface area (Å²) in [6.07, 6.45) is 0.580. The minimum absolute atomic E-state index is 0.0127. The molecule has 1 amide bonds. The average molecular weight is 338 g/mol. The molecule has 2 rings (SSSR count). The first-order chi connectivity index (χ1) is 10.7. The first-order valence-corrected chi connectivity index (χ1v) is 7.12. The number of aromatic carboxylic acids is 1. The van der Waals surface area contributed by atoms with E-state index in [1.807, 2.05) is 0 Å². The Kier molecular flexibility index (Phi) is 4.60. The summed E-state index contributed by atoms with van der Waals surface area (Å²) in [6, 6.07) is 4.69. The van der Waals surface area contributed by atoms with Gasteiger partial charge in [0.15, 0.2) is 0 Å². The van der Waals surface area contributed by atoms with Crippen molar-refractivity contribution in [3.63, 3.8) is 0 Å². The smallest absolute Gasteiger partial charge is 0.412 e. The maximum Gasteiger partial charge on any atom is 0.412 e. The molecule has 0 aliphatic carbocycles. The van der Waals surface area contributed by atoms with E-state index in [-0.39, 0.29) is 11.3 Å². The predicted molar refractivity (Wildman–Crippen MR) is 85.8 cm³/mol. The summed E-state index contributed by atoms with van der Waals surface area (Å²) < 4.78 is 5.17. The van der Waals surface area contributed by atoms with Crippen LogP contribution in [0.2, 0.25) is 5.02 Å². The van der Waals surface area contributed by atoms with Crippen LogP contribution in [0.4, 0.5) is 10.5 Å². The Bertz CT molecular complexity index is 749. The standard InChI is InChI=1S/C15H16ClN3O4/c1-15(2,3)23-14(22)18-8-4-5-11(16)9(6-8)12-10(13(20)21)7-17-19-12/h4-7H,1-3H3,(H,17,19)(H,18,22)(H,20,21). The highest BCUT2D eigenvalue weighted by atomic mass is 35.5. The predicted octanol–water partition coefficient (Wildman–Crippen LogP) is 3.78. The van der Waals surface area contributed by atoms with Crippen molar-refractivity contribution in [1.82, 2.24) is 10.2 Å². The fourth-order valence-corrected chi connectivity index (χ4v) is 2.08. The van der Waals surface area contributed by atoms with Gasteiger partial charge in [-0.3, -0.25) is 10.4 Å². The highest BCUT2D eigenvalue weighted by Crippen LogP contribution is 2.31. The second-order valence-corrected chi connectivity index (χ2v) is 6.19. The molecule has 122 valence electrons. The van der Waals surface area contributed by atoms with E-state index in [0.29, 0.717) is 16.3 Å². The van der Waals surface area contributed by atoms with E-state index in [2.05, 4.69) is 15.5 Å². The Labute approximate surface area is 137 Å². The second kappa shape index (κ2) is 6.29. The zero-order valence-electron chi connectivity index (χ0n) is 12.8. The van der Waals surface area contributed by atoms with Crippen molar-refractivity contribution >= 4 is 29.4 Å². The number of carbonyl (C=O) groups is 2. The second-order valence-electron chi connectivity index (χ2n) is 5.79. The number of aromatic nitrogens is 2. The molecule has 2 aromatic rings. The number of benzene rings is 1. The van der Waals surface area contributed by atoms with Crippen molar-refractivity contribution in [2.75, 3.05) is 5.32 Å². The number of hydrogen-bond donors (Lipinski definition) is 3. The number of nitrogens with zero attached hydrogens (tertiary/aromatic N) is 1. The van der Waals surface area contributed by atoms with Crippen molar-refractivity contribution in [2.24, 2.45) is 0 Å². The molecule has 0 radical (unpaired) electrons. The minimum Gasteiger partial charge on any atom is -0.478 e. The number of nitrogens with one attached hydrogen (secondary N) is 2. The maximum absolute atomic E-state index is 11.8. The lowest BCUT2D eigenvalue weighted by Gasteiger charge is -2.19. The van der Waals surface area contributed by atoms with Gasteiger partial charge < -0.3 is 9.84 Å². The molecule has 1 aromatic carbocycles. The van der Waals surface area contributed by atoms with Gasteiger partial charge in [-0.05, 0) is 39.0 Å². The van der Waals surface area contributed by atoms with Crippen molar-refractivity contribution in [2.45, 2.75) is 26.4 Å². The zero-order valence-corrected chi connectivity index (χ0v) is 13.6. The fourth-order valence-electron chi connectivity index (χ4n) is 1.87. The zero-order chi connectivity index (χ0) is 17.2. The van der Waals surface area contributed by atoms with Crippen molar-refractivity contribution in [3.05, 3.63) is 35.0 Å². The number of H-pyrrole nitrogens is 1. The third-order valence-electron chi connectivity index (χ3n) is 2.75. The molecule has 0 unspecified atom stereocenters. The van der Waals surface area contributed by atoms with Gasteiger partial charge in [0.2, 0.25) is 0 Å². The number of halogens is 1. The summed E-state index contributed by atoms with van der Waals surface area (Å²) in [6.45, 7) is 5.26. The molecule has 7 nitrogen and oxygen atoms in total. The summed E-state index contributed by atoms with van der Waals surface area (Å²) in [5, 5.41) is 18.4. The number of carboxylic acid groups (broad SMARTS) is 1. The van der Waals surface area contributed by atoms with Crippen molar-refractivity contribution < 1.29 is 19.4 Å². The van der Waals surface area contributed by atoms with E-state index in [1.165, 1.54) is 6.20 Å². The molecule has 0 saturated carbocycles. The maximum atomic E-state index is 11.8. The first-order valence-electron chi connectivity index (χ1n) is 6.74. The Hall–Kier alpha value is -2.54. The monoisotopic (exact) mass is 337 g/mol. The molecule has 0 aliphatic heterocycles. The Morgan fingerprint density at radius 1 is 1.35 bits per heavy atom. The number of hydrogen-bond acceptors (Lipinski definition) is 4. The summed E-state index contributed by atoms with van der Waals surface area (Å²) in [5.41, 5.74) is 0.454. The lowest BCUT2D eigenvalue weighted by Crippen LogP contribution is -2.27. The summed E-state index contributed by atoms with van der Waals surface area (Å²) >= 11 is 6.12. The number of carboxylic acids is 1. The molecule has 0 bridgehead atoms. The summed E-state index contributed by atoms with van der Waals surface area (Å²) in [5.74, 6) is -1.13. The fraction of sp³-hybridized carbons (Fsp3) is 0.267. The van der Waals surface area contributed by atoms with E-state index >= 15 is 0 Å². The first kappa shape index (κ1) is 16.8. The van der Waals surface area contributed by atoms with Gasteiger partial charge in [0, 0.05) is 11.3 Å². The summed E-state index contributed by atoms with van der Waals surface area (Å²) in [7, 11) is 0. The van der Waals surface area contributed by atoms with Gasteiger partial charge in [-0.15, -0.1) is 0 Å². The molecule has 1 heterocycles. The van der Waals surface area contributed by atoms with Gasteiger partial charge in [0.25, 0.3) is 0 Å². The molecule has 0 atom stereocenters. The van der Waals surface area contributed by atoms with Crippen LogP contribution in [0.15, 0.2) is 24.4 Å². The van der Waals surface area contributed by atoms with Gasteiger partial charge in [0.1, 0.15) is 11.2 Å². The Balaban J connectivity index is 2.31. The van der Waals surface area contributed by atoms with Crippen LogP contribution in [0.3, 0.4) is 0 Å². The van der Waals surface area contributed by atoms with Crippen LogP contribution in [0.25, 0.3) is 11.3 Å². The molecule has 23 heavy (non-hydrogen) atoms. The molecule has 1 aromatic heterocycles. The van der Waals surface area contributed by atoms with Crippen LogP contribution in [0, 0.1) is 0 Å². The number of amides is 1. The number of anilines is 1. The van der Waals surface area contributed by atoms with E-state index < -0.39 is 17.7 Å². The summed E-state index contributed by atoms with van der Waals surface area (Å²) in [4.78, 5) is 23.0. The molecule has 0 fully saturated rings. The van der Waals surface area contributed by atoms with E-state index in [0.717, 1.165) is 0 Å². The van der Waals surface area contributed by atoms with Gasteiger partial charge in [-0.1, -0.05) is 11.6 Å². The van der Waals surface area contributed by atoms with Crippen LogP contribution >= 0.6 is 11.6 Å². The highest BCUT2D eigenvalue weighted by Gasteiger charge is 2.19. The number of aromatic amines is 1. The lowest BCUT2D eigenvalue weighted by molar-refractivity contribution is 0.0634. The van der Waals surface area contributed by atoms with Gasteiger partial charge in [-0.25, -0.2) is 9.59 Å². The average Bonchev–Trinajstić information content (AvgIpc) is 2.88. The van der Waals surface area contributed by atoms with Gasteiger partial charge in [0.05, 0.1) is 16.9 Å². The largest absolute Gasteiger partial charge is 0.478 e. The van der Waals surface area contributed by atoms with Crippen LogP contribution < -0.4 is 5.32 Å². The number of carbonyl (C=O) groups excluding carboxylic acids is 1. The van der Waals surface area contributed by atoms with E-state index in [4.69, 9.17) is 21.4 Å². The van der Waals surface area contributed by atoms with Crippen molar-refractivity contribution in [1.29, 1.82) is 0 Å². The van der Waals surface area contributed by atoms with Crippen LogP contribution in [-0.2, 0) is 4.74 Å². The molecular weight excluding hydrogens is 322 g/mol. The Morgan fingerprint density at radius 2 is 2.04 bits per heavy atom. The third-order valence-corrected chi connectivity index (χ3v) is 3.08. The number of rotatable bonds is 3. The number of ether oxygens (including phenoxy) is 1. The normalized spacial score (nSPS) is 11.1. The quantitative estimate of drug-likeness (QED) is 0.790. The Morgan fingerprint density at radius 3 is 2.65 bits per heavy atom. The molecule has 0 aliphatic rings. The van der Waals surface area contributed by atoms with Gasteiger partial charge in [-0.2, -0.15) is 5.10 Å². The van der Waals surface area contributed by atoms with Crippen molar-refractivity contribution in [3.8, 4) is 11.3 Å². The van der Waals surface area contributed by atoms with E-state index in [9.17, 15) is 9.59 Å². The molecule has 0 spiro atoms. The molecule has 3 N–H and O–H groups in total. The van der Waals surface area contributed by atoms with E-state index in [1.54, 1.807) is 39.0 Å². The molecular formula is C15H16ClN3O4. The molecule has 0 saturated heterocycles. The van der Waals surface area contributed by atoms with Crippen LogP contribution in [0.5, 0.6) is 0 Å². The lowest BCUT2D eigenvalue weighted by atomic mass is 10.1.